The van der Waals surface area contributed by atoms with Crippen molar-refractivity contribution in [3.05, 3.63) is 77.1 Å². The molecular weight excluding hydrogens is 490 g/mol. The fourth-order valence-corrected chi connectivity index (χ4v) is 5.25. The number of ether oxygens (including phenoxy) is 3. The first-order chi connectivity index (χ1) is 18.5. The minimum Gasteiger partial charge on any atom is -0.492 e. The molecule has 2 atom stereocenters. The molecule has 0 radical (unpaired) electrons. The predicted octanol–water partition coefficient (Wildman–Crippen LogP) is 5.79. The van der Waals surface area contributed by atoms with Gasteiger partial charge in [0.1, 0.15) is 12.4 Å². The average Bonchev–Trinajstić information content (AvgIpc) is 3.26. The quantitative estimate of drug-likeness (QED) is 0.187. The molecule has 204 valence electrons. The number of nitrogens with zero attached hydrogens (tertiary/aromatic N) is 2. The van der Waals surface area contributed by atoms with E-state index in [1.165, 1.54) is 22.3 Å². The van der Waals surface area contributed by atoms with Crippen LogP contribution in [0.3, 0.4) is 0 Å². The second kappa shape index (κ2) is 13.6. The van der Waals surface area contributed by atoms with E-state index >= 15 is 0 Å². The van der Waals surface area contributed by atoms with Gasteiger partial charge in [0.25, 0.3) is 6.43 Å². The number of rotatable bonds is 13. The molecular formula is C30H36F2N2O4. The lowest BCUT2D eigenvalue weighted by atomic mass is 9.87. The van der Waals surface area contributed by atoms with E-state index in [-0.39, 0.29) is 31.2 Å². The lowest BCUT2D eigenvalue weighted by Gasteiger charge is -2.41. The van der Waals surface area contributed by atoms with Gasteiger partial charge < -0.3 is 14.2 Å². The first-order valence-electron chi connectivity index (χ1n) is 13.3. The van der Waals surface area contributed by atoms with Gasteiger partial charge in [-0.1, -0.05) is 36.4 Å². The van der Waals surface area contributed by atoms with Crippen molar-refractivity contribution >= 4 is 11.5 Å². The third kappa shape index (κ3) is 7.05. The van der Waals surface area contributed by atoms with E-state index < -0.39 is 6.43 Å². The van der Waals surface area contributed by atoms with Crippen LogP contribution in [-0.4, -0.2) is 61.3 Å². The monoisotopic (exact) mass is 526 g/mol. The zero-order valence-corrected chi connectivity index (χ0v) is 22.1. The van der Waals surface area contributed by atoms with Crippen molar-refractivity contribution in [3.8, 4) is 5.75 Å². The van der Waals surface area contributed by atoms with E-state index in [2.05, 4.69) is 17.1 Å². The Morgan fingerprint density at radius 1 is 1.16 bits per heavy atom. The molecule has 2 heterocycles. The lowest BCUT2D eigenvalue weighted by Crippen LogP contribution is -2.43. The average molecular weight is 527 g/mol. The topological polar surface area (TPSA) is 60.9 Å². The van der Waals surface area contributed by atoms with E-state index in [0.717, 1.165) is 25.0 Å². The van der Waals surface area contributed by atoms with Gasteiger partial charge in [0.2, 0.25) is 0 Å². The molecule has 6 nitrogen and oxygen atoms in total. The van der Waals surface area contributed by atoms with Gasteiger partial charge in [-0.3, -0.25) is 9.88 Å². The molecule has 0 unspecified atom stereocenters. The molecule has 1 aromatic carbocycles. The van der Waals surface area contributed by atoms with Crippen molar-refractivity contribution < 1.29 is 27.8 Å². The summed E-state index contributed by atoms with van der Waals surface area (Å²) in [5, 5.41) is 0. The second-order valence-corrected chi connectivity index (χ2v) is 9.55. The summed E-state index contributed by atoms with van der Waals surface area (Å²) in [5.74, 6) is 0.294. The summed E-state index contributed by atoms with van der Waals surface area (Å²) >= 11 is 0. The summed E-state index contributed by atoms with van der Waals surface area (Å²) in [7, 11) is 0. The molecule has 0 bridgehead atoms. The van der Waals surface area contributed by atoms with E-state index in [1.54, 1.807) is 13.1 Å². The van der Waals surface area contributed by atoms with Crippen LogP contribution in [0.15, 0.2) is 60.3 Å². The molecule has 0 fully saturated rings. The molecule has 1 aliphatic carbocycles. The highest BCUT2D eigenvalue weighted by Crippen LogP contribution is 2.48. The minimum atomic E-state index is -2.41. The molecule has 0 spiro atoms. The van der Waals surface area contributed by atoms with Gasteiger partial charge in [0.15, 0.2) is 0 Å². The largest absolute Gasteiger partial charge is 0.492 e. The van der Waals surface area contributed by atoms with Gasteiger partial charge in [-0.25, -0.2) is 13.6 Å². The number of halogens is 2. The molecule has 0 amide bonds. The Morgan fingerprint density at radius 2 is 1.95 bits per heavy atom. The highest BCUT2D eigenvalue weighted by atomic mass is 19.3. The maximum Gasteiger partial charge on any atom is 0.332 e. The first-order valence-corrected chi connectivity index (χ1v) is 13.3. The van der Waals surface area contributed by atoms with Crippen LogP contribution in [0.2, 0.25) is 0 Å². The van der Waals surface area contributed by atoms with Gasteiger partial charge in [-0.15, -0.1) is 0 Å². The molecule has 2 aliphatic rings. The molecule has 0 saturated heterocycles. The summed E-state index contributed by atoms with van der Waals surface area (Å²) in [6.45, 7) is 4.77. The normalized spacial score (nSPS) is 19.2. The van der Waals surface area contributed by atoms with Crippen molar-refractivity contribution in [1.82, 2.24) is 9.88 Å². The molecule has 0 saturated carbocycles. The van der Waals surface area contributed by atoms with Crippen LogP contribution in [0, 0.1) is 0 Å². The van der Waals surface area contributed by atoms with Crippen LogP contribution in [0.25, 0.3) is 5.57 Å². The number of hydrogen-bond donors (Lipinski definition) is 0. The van der Waals surface area contributed by atoms with Gasteiger partial charge >= 0.3 is 5.97 Å². The Hall–Kier alpha value is -3.10. The fraction of sp³-hybridized carbons (Fsp3) is 0.467. The van der Waals surface area contributed by atoms with Crippen molar-refractivity contribution in [3.63, 3.8) is 0 Å². The predicted molar refractivity (Wildman–Crippen MR) is 142 cm³/mol. The highest BCUT2D eigenvalue weighted by Gasteiger charge is 2.40. The third-order valence-corrected chi connectivity index (χ3v) is 6.90. The van der Waals surface area contributed by atoms with Crippen molar-refractivity contribution in [2.24, 2.45) is 0 Å². The van der Waals surface area contributed by atoms with E-state index in [1.807, 2.05) is 48.2 Å². The molecule has 38 heavy (non-hydrogen) atoms. The molecule has 4 rings (SSSR count). The number of esters is 1. The number of carbonyl (C=O) groups excluding carboxylic acids is 1. The standard InChI is InChI=1S/C30H36F2N2O4/c1-3-37-29(35)20-36-14-8-4-5-9-15-38-23-12-13-27(33-18-23)30-26-17-22-10-6-7-11-24(22)25(26)16-21(2)34(30)19-28(31)32/h4-7,10-13,18,21,28,30H,3,8-9,14-17,19-20H2,1-2H3/b5-4+/t21-,30+/m1/s1. The number of benzene rings is 1. The van der Waals surface area contributed by atoms with Crippen molar-refractivity contribution in [2.45, 2.75) is 58.0 Å². The molecule has 2 aromatic rings. The van der Waals surface area contributed by atoms with E-state index in [4.69, 9.17) is 14.2 Å². The summed E-state index contributed by atoms with van der Waals surface area (Å²) < 4.78 is 43.0. The summed E-state index contributed by atoms with van der Waals surface area (Å²) in [6, 6.07) is 11.8. The van der Waals surface area contributed by atoms with Gasteiger partial charge in [0, 0.05) is 6.04 Å². The van der Waals surface area contributed by atoms with Crippen LogP contribution in [0.4, 0.5) is 8.78 Å². The number of carbonyl (C=O) groups is 1. The summed E-state index contributed by atoms with van der Waals surface area (Å²) in [6.07, 6.45) is 6.22. The summed E-state index contributed by atoms with van der Waals surface area (Å²) in [4.78, 5) is 17.8. The molecule has 1 aliphatic heterocycles. The third-order valence-electron chi connectivity index (χ3n) is 6.90. The van der Waals surface area contributed by atoms with Crippen molar-refractivity contribution in [2.75, 3.05) is 33.0 Å². The van der Waals surface area contributed by atoms with Crippen LogP contribution in [-0.2, 0) is 20.7 Å². The summed E-state index contributed by atoms with van der Waals surface area (Å²) in [5.41, 5.74) is 5.74. The molecule has 1 aromatic heterocycles. The first kappa shape index (κ1) is 27.9. The maximum atomic E-state index is 13.6. The second-order valence-electron chi connectivity index (χ2n) is 9.55. The Morgan fingerprint density at radius 3 is 2.68 bits per heavy atom. The smallest absolute Gasteiger partial charge is 0.332 e. The van der Waals surface area contributed by atoms with Crippen LogP contribution >= 0.6 is 0 Å². The van der Waals surface area contributed by atoms with Gasteiger partial charge in [-0.2, -0.15) is 0 Å². The van der Waals surface area contributed by atoms with Crippen molar-refractivity contribution in [1.29, 1.82) is 0 Å². The van der Waals surface area contributed by atoms with Gasteiger partial charge in [-0.05, 0) is 73.9 Å². The zero-order valence-electron chi connectivity index (χ0n) is 22.1. The van der Waals surface area contributed by atoms with Gasteiger partial charge in [0.05, 0.1) is 44.3 Å². The van der Waals surface area contributed by atoms with Crippen LogP contribution in [0.1, 0.15) is 56.0 Å². The Bertz CT molecular complexity index is 1130. The number of aromatic nitrogens is 1. The number of alkyl halides is 2. The maximum absolute atomic E-state index is 13.6. The molecule has 0 N–H and O–H groups in total. The van der Waals surface area contributed by atoms with E-state index in [0.29, 0.717) is 32.0 Å². The van der Waals surface area contributed by atoms with Crippen LogP contribution in [0.5, 0.6) is 5.75 Å². The lowest BCUT2D eigenvalue weighted by molar-refractivity contribution is -0.148. The Labute approximate surface area is 223 Å². The Balaban J connectivity index is 1.33. The number of pyridine rings is 1. The SMILES string of the molecule is CCOC(=O)COCC/C=C/CCOc1ccc([C@@H]2C3=C(C[C@@H](C)N2CC(F)F)c2ccccc2C3)nc1. The van der Waals surface area contributed by atoms with Crippen LogP contribution < -0.4 is 4.74 Å². The fourth-order valence-electron chi connectivity index (χ4n) is 5.25. The Kier molecular flexibility index (Phi) is 10.0. The van der Waals surface area contributed by atoms with E-state index in [9.17, 15) is 13.6 Å². The minimum absolute atomic E-state index is 0.0148. The zero-order chi connectivity index (χ0) is 26.9. The highest BCUT2D eigenvalue weighted by molar-refractivity contribution is 5.78. The number of hydrogen-bond acceptors (Lipinski definition) is 6. The molecule has 8 heteroatoms. The number of fused-ring (bicyclic) bond motifs is 2.